The maximum absolute atomic E-state index is 12.0. The molecular formula is C19H17NO4S2. The molecule has 2 heterocycles. The second-order valence-corrected chi connectivity index (χ2v) is 6.84. The van der Waals surface area contributed by atoms with Gasteiger partial charge in [0.05, 0.1) is 19.9 Å². The number of hydrogen-bond acceptors (Lipinski definition) is 7. The van der Waals surface area contributed by atoms with Gasteiger partial charge in [-0.15, -0.1) is 11.3 Å². The molecule has 0 aliphatic carbocycles. The second kappa shape index (κ2) is 8.64. The third-order valence-electron chi connectivity index (χ3n) is 3.52. The van der Waals surface area contributed by atoms with Gasteiger partial charge in [0.15, 0.2) is 0 Å². The monoisotopic (exact) mass is 387 g/mol. The maximum atomic E-state index is 12.0. The van der Waals surface area contributed by atoms with Gasteiger partial charge >= 0.3 is 5.97 Å². The van der Waals surface area contributed by atoms with E-state index in [1.165, 1.54) is 17.4 Å². The Balaban J connectivity index is 1.60. The zero-order chi connectivity index (χ0) is 18.4. The lowest BCUT2D eigenvalue weighted by atomic mass is 10.1. The van der Waals surface area contributed by atoms with Crippen LogP contribution < -0.4 is 9.47 Å². The molecule has 3 rings (SSSR count). The lowest BCUT2D eigenvalue weighted by molar-refractivity contribution is -0.139. The number of ether oxygens (including phenoxy) is 3. The van der Waals surface area contributed by atoms with Crippen LogP contribution in [0.3, 0.4) is 0 Å². The first-order chi connectivity index (χ1) is 12.7. The van der Waals surface area contributed by atoms with Crippen molar-refractivity contribution in [2.45, 2.75) is 6.61 Å². The Morgan fingerprint density at radius 3 is 2.81 bits per heavy atom. The number of thiophene rings is 1. The molecule has 7 heteroatoms. The zero-order valence-electron chi connectivity index (χ0n) is 14.3. The number of nitrogens with zero attached hydrogens (tertiary/aromatic N) is 1. The third-order valence-corrected chi connectivity index (χ3v) is 5.14. The highest BCUT2D eigenvalue weighted by Crippen LogP contribution is 2.26. The molecule has 3 aromatic rings. The summed E-state index contributed by atoms with van der Waals surface area (Å²) in [6.07, 6.45) is 3.00. The predicted molar refractivity (Wildman–Crippen MR) is 104 cm³/mol. The Labute approximate surface area is 159 Å². The Bertz CT molecular complexity index is 900. The number of rotatable bonds is 7. The highest BCUT2D eigenvalue weighted by Gasteiger charge is 2.07. The zero-order valence-corrected chi connectivity index (χ0v) is 15.9. The Morgan fingerprint density at radius 1 is 1.19 bits per heavy atom. The van der Waals surface area contributed by atoms with Gasteiger partial charge in [0, 0.05) is 28.0 Å². The van der Waals surface area contributed by atoms with Gasteiger partial charge in [0.25, 0.3) is 0 Å². The summed E-state index contributed by atoms with van der Waals surface area (Å²) < 4.78 is 15.7. The Morgan fingerprint density at radius 2 is 2.08 bits per heavy atom. The summed E-state index contributed by atoms with van der Waals surface area (Å²) in [5.41, 5.74) is 2.55. The molecule has 0 unspecified atom stereocenters. The summed E-state index contributed by atoms with van der Waals surface area (Å²) in [6.45, 7) is 0.138. The first-order valence-corrected chi connectivity index (χ1v) is 9.55. The van der Waals surface area contributed by atoms with Crippen molar-refractivity contribution in [1.29, 1.82) is 0 Å². The van der Waals surface area contributed by atoms with Crippen LogP contribution in [0.5, 0.6) is 11.5 Å². The second-order valence-electron chi connectivity index (χ2n) is 5.20. The smallest absolute Gasteiger partial charge is 0.331 e. The molecular weight excluding hydrogens is 370 g/mol. The van der Waals surface area contributed by atoms with Crippen molar-refractivity contribution in [1.82, 2.24) is 4.98 Å². The minimum absolute atomic E-state index is 0.138. The van der Waals surface area contributed by atoms with Crippen LogP contribution in [0.15, 0.2) is 46.5 Å². The van der Waals surface area contributed by atoms with Crippen LogP contribution in [0, 0.1) is 0 Å². The standard InChI is InChI=1S/C19H17NO4S2/c1-22-16-4-5-17(23-2)13(9-16)3-6-18(21)24-10-15-12-26-19(20-15)14-7-8-25-11-14/h3-9,11-12H,10H2,1-2H3/b6-3+. The van der Waals surface area contributed by atoms with E-state index in [1.807, 2.05) is 22.2 Å². The predicted octanol–water partition coefficient (Wildman–Crippen LogP) is 4.65. The lowest BCUT2D eigenvalue weighted by Crippen LogP contribution is -2.01. The van der Waals surface area contributed by atoms with Crippen LogP contribution in [0.1, 0.15) is 11.3 Å². The van der Waals surface area contributed by atoms with Crippen LogP contribution in [0.4, 0.5) is 0 Å². The van der Waals surface area contributed by atoms with Crippen molar-refractivity contribution in [3.63, 3.8) is 0 Å². The van der Waals surface area contributed by atoms with Gasteiger partial charge in [-0.1, -0.05) is 0 Å². The molecule has 1 aromatic carbocycles. The molecule has 0 radical (unpaired) electrons. The highest BCUT2D eigenvalue weighted by atomic mass is 32.1. The topological polar surface area (TPSA) is 57.7 Å². The van der Waals surface area contributed by atoms with E-state index in [2.05, 4.69) is 4.98 Å². The maximum Gasteiger partial charge on any atom is 0.331 e. The van der Waals surface area contributed by atoms with Crippen molar-refractivity contribution >= 4 is 34.7 Å². The van der Waals surface area contributed by atoms with Crippen molar-refractivity contribution in [3.8, 4) is 22.1 Å². The molecule has 0 amide bonds. The normalized spacial score (nSPS) is 10.8. The minimum atomic E-state index is -0.444. The number of carbonyl (C=O) groups is 1. The van der Waals surface area contributed by atoms with Gasteiger partial charge < -0.3 is 14.2 Å². The van der Waals surface area contributed by atoms with Gasteiger partial charge in [0.1, 0.15) is 23.1 Å². The molecule has 0 bridgehead atoms. The third kappa shape index (κ3) is 4.50. The molecule has 0 spiro atoms. The van der Waals surface area contributed by atoms with Gasteiger partial charge in [0.2, 0.25) is 0 Å². The number of methoxy groups -OCH3 is 2. The van der Waals surface area contributed by atoms with Gasteiger partial charge in [-0.2, -0.15) is 11.3 Å². The number of aromatic nitrogens is 1. The summed E-state index contributed by atoms with van der Waals surface area (Å²) in [5, 5.41) is 6.87. The quantitative estimate of drug-likeness (QED) is 0.436. The van der Waals surface area contributed by atoms with Gasteiger partial charge in [-0.05, 0) is 35.7 Å². The Kier molecular flexibility index (Phi) is 6.04. The minimum Gasteiger partial charge on any atom is -0.497 e. The van der Waals surface area contributed by atoms with E-state index in [0.29, 0.717) is 11.5 Å². The molecule has 0 atom stereocenters. The summed E-state index contributed by atoms with van der Waals surface area (Å²) in [4.78, 5) is 16.5. The molecule has 2 aromatic heterocycles. The summed E-state index contributed by atoms with van der Waals surface area (Å²) in [6, 6.07) is 7.38. The van der Waals surface area contributed by atoms with Crippen LogP contribution >= 0.6 is 22.7 Å². The highest BCUT2D eigenvalue weighted by molar-refractivity contribution is 7.14. The van der Waals surface area contributed by atoms with E-state index >= 15 is 0 Å². The van der Waals surface area contributed by atoms with Crippen molar-refractivity contribution < 1.29 is 19.0 Å². The fourth-order valence-electron chi connectivity index (χ4n) is 2.21. The van der Waals surface area contributed by atoms with Crippen LogP contribution in [-0.2, 0) is 16.1 Å². The van der Waals surface area contributed by atoms with E-state index in [1.54, 1.807) is 49.8 Å². The number of esters is 1. The summed E-state index contributed by atoms with van der Waals surface area (Å²) >= 11 is 3.16. The number of benzene rings is 1. The van der Waals surface area contributed by atoms with Crippen LogP contribution in [0.25, 0.3) is 16.6 Å². The molecule has 0 N–H and O–H groups in total. The number of carbonyl (C=O) groups excluding carboxylic acids is 1. The number of thiazole rings is 1. The van der Waals surface area contributed by atoms with E-state index < -0.39 is 5.97 Å². The van der Waals surface area contributed by atoms with Crippen LogP contribution in [0.2, 0.25) is 0 Å². The molecule has 0 saturated carbocycles. The number of hydrogen-bond donors (Lipinski definition) is 0. The average molecular weight is 387 g/mol. The molecule has 26 heavy (non-hydrogen) atoms. The van der Waals surface area contributed by atoms with Crippen molar-refractivity contribution in [2.24, 2.45) is 0 Å². The van der Waals surface area contributed by atoms with Crippen LogP contribution in [-0.4, -0.2) is 25.2 Å². The van der Waals surface area contributed by atoms with E-state index in [0.717, 1.165) is 21.8 Å². The van der Waals surface area contributed by atoms with E-state index in [9.17, 15) is 4.79 Å². The molecule has 0 aliphatic heterocycles. The molecule has 0 fully saturated rings. The summed E-state index contributed by atoms with van der Waals surface area (Å²) in [5.74, 6) is 0.886. The van der Waals surface area contributed by atoms with Crippen molar-refractivity contribution in [2.75, 3.05) is 14.2 Å². The van der Waals surface area contributed by atoms with Gasteiger partial charge in [-0.25, -0.2) is 9.78 Å². The molecule has 5 nitrogen and oxygen atoms in total. The fourth-order valence-corrected chi connectivity index (χ4v) is 3.73. The molecule has 0 aliphatic rings. The summed E-state index contributed by atoms with van der Waals surface area (Å²) in [7, 11) is 3.16. The lowest BCUT2D eigenvalue weighted by Gasteiger charge is -2.07. The molecule has 134 valence electrons. The van der Waals surface area contributed by atoms with Gasteiger partial charge in [-0.3, -0.25) is 0 Å². The molecule has 0 saturated heterocycles. The van der Waals surface area contributed by atoms with E-state index in [4.69, 9.17) is 14.2 Å². The first-order valence-electron chi connectivity index (χ1n) is 7.73. The Hall–Kier alpha value is -2.64. The first kappa shape index (κ1) is 18.2. The average Bonchev–Trinajstić information content (AvgIpc) is 3.35. The van der Waals surface area contributed by atoms with E-state index in [-0.39, 0.29) is 6.61 Å². The largest absolute Gasteiger partial charge is 0.497 e. The SMILES string of the molecule is COc1ccc(OC)c(/C=C/C(=O)OCc2csc(-c3ccsc3)n2)c1. The van der Waals surface area contributed by atoms with Crippen molar-refractivity contribution in [3.05, 3.63) is 57.7 Å². The fraction of sp³-hybridized carbons (Fsp3) is 0.158.